The highest BCUT2D eigenvalue weighted by Gasteiger charge is 2.36. The van der Waals surface area contributed by atoms with Crippen LogP contribution < -0.4 is 11.1 Å². The molecule has 2 atom stereocenters. The van der Waals surface area contributed by atoms with Crippen LogP contribution in [0, 0.1) is 17.2 Å². The van der Waals surface area contributed by atoms with Crippen molar-refractivity contribution in [3.8, 4) is 6.07 Å². The molecule has 2 unspecified atom stereocenters. The highest BCUT2D eigenvalue weighted by atomic mass is 16.2. The zero-order chi connectivity index (χ0) is 14.6. The van der Waals surface area contributed by atoms with Gasteiger partial charge in [-0.1, -0.05) is 0 Å². The zero-order valence-corrected chi connectivity index (χ0v) is 12.4. The van der Waals surface area contributed by atoms with Crippen molar-refractivity contribution >= 4 is 5.91 Å². The topological polar surface area (TPSA) is 82.2 Å². The number of nitrogens with two attached hydrogens (primary N) is 1. The maximum absolute atomic E-state index is 12.2. The van der Waals surface area contributed by atoms with Crippen LogP contribution >= 0.6 is 0 Å². The molecule has 2 rings (SSSR count). The van der Waals surface area contributed by atoms with Crippen molar-refractivity contribution in [3.05, 3.63) is 0 Å². The molecule has 0 bridgehead atoms. The van der Waals surface area contributed by atoms with Gasteiger partial charge in [0.2, 0.25) is 5.91 Å². The number of carbonyl (C=O) groups is 1. The van der Waals surface area contributed by atoms with Crippen LogP contribution in [0.15, 0.2) is 0 Å². The smallest absolute Gasteiger partial charge is 0.235 e. The number of likely N-dealkylation sites (tertiary alicyclic amines) is 1. The summed E-state index contributed by atoms with van der Waals surface area (Å²) >= 11 is 0. The van der Waals surface area contributed by atoms with Gasteiger partial charge in [-0.15, -0.1) is 0 Å². The number of nitriles is 1. The third-order valence-corrected chi connectivity index (χ3v) is 4.84. The minimum Gasteiger partial charge on any atom is -0.337 e. The Hall–Kier alpha value is -1.12. The van der Waals surface area contributed by atoms with E-state index >= 15 is 0 Å². The van der Waals surface area contributed by atoms with Gasteiger partial charge in [-0.3, -0.25) is 9.69 Å². The van der Waals surface area contributed by atoms with Gasteiger partial charge in [0.1, 0.15) is 5.54 Å². The van der Waals surface area contributed by atoms with Crippen LogP contribution in [0.25, 0.3) is 0 Å². The first-order chi connectivity index (χ1) is 9.58. The van der Waals surface area contributed by atoms with Crippen LogP contribution in [0.5, 0.6) is 0 Å². The average Bonchev–Trinajstić information content (AvgIpc) is 2.90. The van der Waals surface area contributed by atoms with Crippen molar-refractivity contribution < 1.29 is 4.79 Å². The second-order valence-corrected chi connectivity index (χ2v) is 6.41. The Morgan fingerprint density at radius 2 is 2.15 bits per heavy atom. The quantitative estimate of drug-likeness (QED) is 0.803. The number of carbonyl (C=O) groups excluding carboxylic acids is 1. The Morgan fingerprint density at radius 3 is 2.75 bits per heavy atom. The fraction of sp³-hybridized carbons (Fsp3) is 0.867. The van der Waals surface area contributed by atoms with Crippen LogP contribution in [0.3, 0.4) is 0 Å². The standard InChI is InChI=1S/C15H26N4O/c1-12-4-5-13(8-16)9-19(12)10-14(20)18-15(11-17)6-2-3-7-15/h12-13H,2-10,16H2,1H3,(H,18,20). The molecule has 1 saturated carbocycles. The molecule has 1 aliphatic carbocycles. The Morgan fingerprint density at radius 1 is 1.45 bits per heavy atom. The lowest BCUT2D eigenvalue weighted by Crippen LogP contribution is -2.52. The largest absolute Gasteiger partial charge is 0.337 e. The summed E-state index contributed by atoms with van der Waals surface area (Å²) in [4.78, 5) is 14.4. The maximum Gasteiger partial charge on any atom is 0.235 e. The van der Waals surface area contributed by atoms with Crippen molar-refractivity contribution in [3.63, 3.8) is 0 Å². The third-order valence-electron chi connectivity index (χ3n) is 4.84. The van der Waals surface area contributed by atoms with Crippen LogP contribution in [-0.4, -0.2) is 42.0 Å². The molecule has 5 heteroatoms. The highest BCUT2D eigenvalue weighted by Crippen LogP contribution is 2.29. The molecule has 0 radical (unpaired) electrons. The van der Waals surface area contributed by atoms with E-state index in [9.17, 15) is 10.1 Å². The molecule has 5 nitrogen and oxygen atoms in total. The van der Waals surface area contributed by atoms with Gasteiger partial charge in [0.05, 0.1) is 12.6 Å². The van der Waals surface area contributed by atoms with Gasteiger partial charge in [0.25, 0.3) is 0 Å². The van der Waals surface area contributed by atoms with Crippen LogP contribution in [0.1, 0.15) is 45.4 Å². The van der Waals surface area contributed by atoms with E-state index in [4.69, 9.17) is 5.73 Å². The number of hydrogen-bond donors (Lipinski definition) is 2. The maximum atomic E-state index is 12.2. The van der Waals surface area contributed by atoms with Crippen LogP contribution in [-0.2, 0) is 4.79 Å². The van der Waals surface area contributed by atoms with Crippen molar-refractivity contribution in [2.75, 3.05) is 19.6 Å². The van der Waals surface area contributed by atoms with E-state index < -0.39 is 5.54 Å². The SMILES string of the molecule is CC1CCC(CN)CN1CC(=O)NC1(C#N)CCCC1. The molecule has 1 aliphatic heterocycles. The van der Waals surface area contributed by atoms with Gasteiger partial charge in [0.15, 0.2) is 0 Å². The summed E-state index contributed by atoms with van der Waals surface area (Å²) in [6, 6.07) is 2.73. The average molecular weight is 278 g/mol. The first-order valence-electron chi connectivity index (χ1n) is 7.75. The Labute approximate surface area is 121 Å². The summed E-state index contributed by atoms with van der Waals surface area (Å²) in [5, 5.41) is 12.3. The van der Waals surface area contributed by atoms with Gasteiger partial charge in [0, 0.05) is 12.6 Å². The molecular weight excluding hydrogens is 252 g/mol. The van der Waals surface area contributed by atoms with E-state index in [2.05, 4.69) is 23.2 Å². The van der Waals surface area contributed by atoms with Gasteiger partial charge in [-0.05, 0) is 57.9 Å². The van der Waals surface area contributed by atoms with Crippen LogP contribution in [0.2, 0.25) is 0 Å². The van der Waals surface area contributed by atoms with Crippen molar-refractivity contribution in [1.29, 1.82) is 5.26 Å². The zero-order valence-electron chi connectivity index (χ0n) is 12.4. The molecule has 112 valence electrons. The summed E-state index contributed by atoms with van der Waals surface area (Å²) in [6.45, 7) is 4.13. The predicted octanol–water partition coefficient (Wildman–Crippen LogP) is 0.998. The number of nitrogens with zero attached hydrogens (tertiary/aromatic N) is 2. The van der Waals surface area contributed by atoms with Gasteiger partial charge >= 0.3 is 0 Å². The molecule has 3 N–H and O–H groups in total. The Bertz CT molecular complexity index is 384. The molecule has 0 aromatic carbocycles. The van der Waals surface area contributed by atoms with Crippen LogP contribution in [0.4, 0.5) is 0 Å². The molecule has 0 aromatic rings. The van der Waals surface area contributed by atoms with Gasteiger partial charge < -0.3 is 11.1 Å². The lowest BCUT2D eigenvalue weighted by Gasteiger charge is -2.37. The lowest BCUT2D eigenvalue weighted by atomic mass is 9.93. The number of hydrogen-bond acceptors (Lipinski definition) is 4. The van der Waals surface area contributed by atoms with Crippen molar-refractivity contribution in [2.24, 2.45) is 11.7 Å². The second-order valence-electron chi connectivity index (χ2n) is 6.41. The number of nitrogens with one attached hydrogen (secondary N) is 1. The molecule has 1 heterocycles. The predicted molar refractivity (Wildman–Crippen MR) is 77.8 cm³/mol. The van der Waals surface area contributed by atoms with E-state index in [-0.39, 0.29) is 5.91 Å². The molecule has 2 fully saturated rings. The summed E-state index contributed by atoms with van der Waals surface area (Å²) < 4.78 is 0. The van der Waals surface area contributed by atoms with Gasteiger partial charge in [-0.25, -0.2) is 0 Å². The summed E-state index contributed by atoms with van der Waals surface area (Å²) in [6.07, 6.45) is 5.88. The van der Waals surface area contributed by atoms with E-state index in [1.165, 1.54) is 0 Å². The molecular formula is C15H26N4O. The summed E-state index contributed by atoms with van der Waals surface area (Å²) in [7, 11) is 0. The van der Waals surface area contributed by atoms with Crippen molar-refractivity contribution in [2.45, 2.75) is 57.0 Å². The number of rotatable bonds is 4. The second kappa shape index (κ2) is 6.55. The van der Waals surface area contributed by atoms with E-state index in [0.29, 0.717) is 25.0 Å². The number of piperidine rings is 1. The Balaban J connectivity index is 1.88. The molecule has 1 saturated heterocycles. The Kier molecular flexibility index (Phi) is 5.00. The molecule has 0 spiro atoms. The van der Waals surface area contributed by atoms with E-state index in [1.807, 2.05) is 0 Å². The first kappa shape index (κ1) is 15.3. The number of amides is 1. The fourth-order valence-electron chi connectivity index (χ4n) is 3.41. The fourth-order valence-corrected chi connectivity index (χ4v) is 3.41. The van der Waals surface area contributed by atoms with Crippen molar-refractivity contribution in [1.82, 2.24) is 10.2 Å². The monoisotopic (exact) mass is 278 g/mol. The molecule has 0 aromatic heterocycles. The normalized spacial score (nSPS) is 29.9. The molecule has 1 amide bonds. The van der Waals surface area contributed by atoms with E-state index in [0.717, 1.165) is 45.1 Å². The summed E-state index contributed by atoms with van der Waals surface area (Å²) in [5.41, 5.74) is 5.14. The van der Waals surface area contributed by atoms with Gasteiger partial charge in [-0.2, -0.15) is 5.26 Å². The highest BCUT2D eigenvalue weighted by molar-refractivity contribution is 5.79. The lowest BCUT2D eigenvalue weighted by molar-refractivity contribution is -0.124. The van der Waals surface area contributed by atoms with E-state index in [1.54, 1.807) is 0 Å². The minimum absolute atomic E-state index is 0.0158. The third kappa shape index (κ3) is 3.50. The molecule has 20 heavy (non-hydrogen) atoms. The minimum atomic E-state index is -0.608. The summed E-state index contributed by atoms with van der Waals surface area (Å²) in [5.74, 6) is 0.480. The first-order valence-corrected chi connectivity index (χ1v) is 7.75. The molecule has 2 aliphatic rings.